The van der Waals surface area contributed by atoms with Gasteiger partial charge in [-0.25, -0.2) is 9.37 Å². The van der Waals surface area contributed by atoms with E-state index in [1.165, 1.54) is 12.3 Å². The fraction of sp³-hybridized carbons (Fsp3) is 0.391. The number of nitrogens with zero attached hydrogens (tertiary/aromatic N) is 3. The third kappa shape index (κ3) is 3.00. The summed E-state index contributed by atoms with van der Waals surface area (Å²) >= 11 is 5.98. The van der Waals surface area contributed by atoms with Crippen molar-refractivity contribution in [3.63, 3.8) is 0 Å². The molecular formula is C23H22ClFN4O3. The lowest BCUT2D eigenvalue weighted by molar-refractivity contribution is -0.231. The molecule has 0 radical (unpaired) electrons. The maximum atomic E-state index is 14.7. The molecule has 0 spiro atoms. The zero-order chi connectivity index (χ0) is 22.8. The molecule has 9 heteroatoms. The summed E-state index contributed by atoms with van der Waals surface area (Å²) in [5.41, 5.74) is 5.87. The summed E-state index contributed by atoms with van der Waals surface area (Å²) in [6.07, 6.45) is 2.82. The van der Waals surface area contributed by atoms with E-state index in [9.17, 15) is 18.8 Å². The van der Waals surface area contributed by atoms with E-state index in [1.807, 2.05) is 0 Å². The average Bonchev–Trinajstić information content (AvgIpc) is 2.66. The van der Waals surface area contributed by atoms with Crippen LogP contribution in [0, 0.1) is 23.6 Å². The Balaban J connectivity index is 1.50. The van der Waals surface area contributed by atoms with Gasteiger partial charge in [-0.1, -0.05) is 23.7 Å². The van der Waals surface area contributed by atoms with Gasteiger partial charge >= 0.3 is 0 Å². The number of anilines is 1. The molecule has 1 aromatic carbocycles. The number of carbonyl (C=O) groups excluding carboxylic acids is 3. The second-order valence-electron chi connectivity index (χ2n) is 9.33. The molecule has 2 N–H and O–H groups in total. The third-order valence-electron chi connectivity index (χ3n) is 7.08. The van der Waals surface area contributed by atoms with E-state index in [4.69, 9.17) is 17.3 Å². The molecular weight excluding hydrogens is 435 g/mol. The van der Waals surface area contributed by atoms with Crippen LogP contribution >= 0.6 is 11.6 Å². The molecule has 4 fully saturated rings. The Morgan fingerprint density at radius 2 is 1.91 bits per heavy atom. The number of carbonyl (C=O) groups is 3. The van der Waals surface area contributed by atoms with E-state index in [0.717, 1.165) is 10.5 Å². The third-order valence-corrected chi connectivity index (χ3v) is 7.33. The minimum Gasteiger partial charge on any atom is -0.369 e. The van der Waals surface area contributed by atoms with Gasteiger partial charge in [-0.3, -0.25) is 19.3 Å². The SMILES string of the molecule is Cc1cnc(N2CC(=O)N(Cc3ccc(Cl)cc3)C(C34CC(C(N)=O)(C3)C4)C2=O)c(F)c1. The number of primary amides is 1. The van der Waals surface area contributed by atoms with Crippen molar-refractivity contribution in [3.8, 4) is 0 Å². The van der Waals surface area contributed by atoms with E-state index in [2.05, 4.69) is 4.98 Å². The molecule has 166 valence electrons. The van der Waals surface area contributed by atoms with Gasteiger partial charge in [0.2, 0.25) is 11.8 Å². The normalized spacial score (nSPS) is 28.9. The van der Waals surface area contributed by atoms with Gasteiger partial charge in [0.15, 0.2) is 11.6 Å². The highest BCUT2D eigenvalue weighted by molar-refractivity contribution is 6.30. The monoisotopic (exact) mass is 456 g/mol. The predicted octanol–water partition coefficient (Wildman–Crippen LogP) is 2.58. The number of aryl methyl sites for hydroxylation is 1. The van der Waals surface area contributed by atoms with Gasteiger partial charge in [0.1, 0.15) is 12.6 Å². The summed E-state index contributed by atoms with van der Waals surface area (Å²) in [7, 11) is 0. The van der Waals surface area contributed by atoms with Gasteiger partial charge < -0.3 is 10.6 Å². The first kappa shape index (κ1) is 20.9. The second kappa shape index (κ2) is 7.00. The molecule has 3 amide bonds. The number of hydrogen-bond acceptors (Lipinski definition) is 4. The molecule has 1 aliphatic heterocycles. The summed E-state index contributed by atoms with van der Waals surface area (Å²) in [4.78, 5) is 45.6. The standard InChI is InChI=1S/C23H22ClFN4O3/c1-13-6-16(25)19(27-7-13)29-9-17(30)28(8-14-2-4-15(24)5-3-14)18(20(29)31)22-10-23(11-22,12-22)21(26)32/h2-7,18H,8-12H2,1H3,(H2,26,32). The van der Waals surface area contributed by atoms with Crippen molar-refractivity contribution in [2.24, 2.45) is 16.6 Å². The van der Waals surface area contributed by atoms with Crippen LogP contribution in [0.4, 0.5) is 10.2 Å². The average molecular weight is 457 g/mol. The molecule has 1 saturated heterocycles. The number of halogens is 2. The summed E-state index contributed by atoms with van der Waals surface area (Å²) < 4.78 is 14.7. The van der Waals surface area contributed by atoms with E-state index in [1.54, 1.807) is 36.1 Å². The number of piperazine rings is 1. The lowest BCUT2D eigenvalue weighted by atomic mass is 9.32. The smallest absolute Gasteiger partial charge is 0.252 e. The molecule has 6 rings (SSSR count). The quantitative estimate of drug-likeness (QED) is 0.747. The van der Waals surface area contributed by atoms with Gasteiger partial charge in [0.25, 0.3) is 5.91 Å². The number of pyridine rings is 1. The van der Waals surface area contributed by atoms with Gasteiger partial charge in [-0.2, -0.15) is 0 Å². The van der Waals surface area contributed by atoms with Crippen LogP contribution < -0.4 is 10.6 Å². The van der Waals surface area contributed by atoms with Crippen molar-refractivity contribution < 1.29 is 18.8 Å². The van der Waals surface area contributed by atoms with Crippen molar-refractivity contribution in [3.05, 3.63) is 58.5 Å². The first-order valence-electron chi connectivity index (χ1n) is 10.4. The Bertz CT molecular complexity index is 1130. The lowest BCUT2D eigenvalue weighted by Crippen LogP contribution is -2.78. The predicted molar refractivity (Wildman–Crippen MR) is 115 cm³/mol. The van der Waals surface area contributed by atoms with Crippen molar-refractivity contribution in [1.82, 2.24) is 9.88 Å². The number of nitrogens with two attached hydrogens (primary N) is 1. The van der Waals surface area contributed by atoms with Gasteiger partial charge in [0, 0.05) is 23.2 Å². The Kier molecular flexibility index (Phi) is 4.57. The zero-order valence-corrected chi connectivity index (χ0v) is 18.2. The van der Waals surface area contributed by atoms with E-state index >= 15 is 0 Å². The van der Waals surface area contributed by atoms with Crippen molar-refractivity contribution in [1.29, 1.82) is 0 Å². The molecule has 1 aromatic heterocycles. The van der Waals surface area contributed by atoms with Crippen LogP contribution in [0.15, 0.2) is 36.5 Å². The molecule has 2 bridgehead atoms. The fourth-order valence-electron chi connectivity index (χ4n) is 5.61. The van der Waals surface area contributed by atoms with Crippen LogP contribution in [0.2, 0.25) is 5.02 Å². The maximum Gasteiger partial charge on any atom is 0.252 e. The van der Waals surface area contributed by atoms with Gasteiger partial charge in [-0.15, -0.1) is 0 Å². The Labute approximate surface area is 189 Å². The lowest BCUT2D eigenvalue weighted by Gasteiger charge is -2.72. The Hall–Kier alpha value is -3.00. The Morgan fingerprint density at radius 1 is 1.25 bits per heavy atom. The maximum absolute atomic E-state index is 14.7. The number of aromatic nitrogens is 1. The number of benzene rings is 1. The van der Waals surface area contributed by atoms with Crippen LogP contribution in [0.5, 0.6) is 0 Å². The molecule has 4 aliphatic rings. The molecule has 3 saturated carbocycles. The summed E-state index contributed by atoms with van der Waals surface area (Å²) in [5, 5.41) is 0.571. The highest BCUT2D eigenvalue weighted by atomic mass is 35.5. The molecule has 2 heterocycles. The van der Waals surface area contributed by atoms with Gasteiger partial charge in [-0.05, 0) is 55.5 Å². The summed E-state index contributed by atoms with van der Waals surface area (Å²) in [6, 6.07) is 7.53. The highest BCUT2D eigenvalue weighted by Crippen LogP contribution is 2.75. The van der Waals surface area contributed by atoms with E-state index < -0.39 is 22.7 Å². The van der Waals surface area contributed by atoms with Crippen LogP contribution in [0.3, 0.4) is 0 Å². The second-order valence-corrected chi connectivity index (χ2v) is 9.77. The fourth-order valence-corrected chi connectivity index (χ4v) is 5.74. The van der Waals surface area contributed by atoms with E-state index in [-0.39, 0.29) is 36.6 Å². The Morgan fingerprint density at radius 3 is 2.50 bits per heavy atom. The van der Waals surface area contributed by atoms with Crippen LogP contribution in [0.25, 0.3) is 0 Å². The molecule has 32 heavy (non-hydrogen) atoms. The zero-order valence-electron chi connectivity index (χ0n) is 17.5. The van der Waals surface area contributed by atoms with Crippen molar-refractivity contribution in [2.75, 3.05) is 11.4 Å². The van der Waals surface area contributed by atoms with Crippen LogP contribution in [-0.2, 0) is 20.9 Å². The molecule has 7 nitrogen and oxygen atoms in total. The first-order valence-corrected chi connectivity index (χ1v) is 10.8. The molecule has 2 aromatic rings. The van der Waals surface area contributed by atoms with E-state index in [0.29, 0.717) is 29.8 Å². The topological polar surface area (TPSA) is 96.6 Å². The van der Waals surface area contributed by atoms with Crippen molar-refractivity contribution >= 4 is 35.1 Å². The van der Waals surface area contributed by atoms with Crippen LogP contribution in [-0.4, -0.2) is 40.2 Å². The number of hydrogen-bond donors (Lipinski definition) is 1. The molecule has 1 atom stereocenters. The first-order chi connectivity index (χ1) is 15.1. The minimum atomic E-state index is -0.817. The van der Waals surface area contributed by atoms with Crippen LogP contribution in [0.1, 0.15) is 30.4 Å². The summed E-state index contributed by atoms with van der Waals surface area (Å²) in [5.74, 6) is -1.86. The molecule has 1 unspecified atom stereocenters. The van der Waals surface area contributed by atoms with Gasteiger partial charge in [0.05, 0.1) is 5.41 Å². The minimum absolute atomic E-state index is 0.152. The molecule has 3 aliphatic carbocycles. The summed E-state index contributed by atoms with van der Waals surface area (Å²) in [6.45, 7) is 1.62. The van der Waals surface area contributed by atoms with Crippen molar-refractivity contribution in [2.45, 2.75) is 38.8 Å². The number of rotatable bonds is 5. The highest BCUT2D eigenvalue weighted by Gasteiger charge is 2.76. The number of amides is 3. The largest absolute Gasteiger partial charge is 0.369 e.